The van der Waals surface area contributed by atoms with Crippen LogP contribution in [0.3, 0.4) is 0 Å². The minimum absolute atomic E-state index is 0.0714. The van der Waals surface area contributed by atoms with Crippen molar-refractivity contribution in [3.63, 3.8) is 0 Å². The summed E-state index contributed by atoms with van der Waals surface area (Å²) in [6, 6.07) is 15.6. The topological polar surface area (TPSA) is 121 Å². The number of primary amides is 1. The molecule has 0 spiro atoms. The molecule has 0 bridgehead atoms. The van der Waals surface area contributed by atoms with Gasteiger partial charge in [-0.15, -0.1) is 0 Å². The van der Waals surface area contributed by atoms with Crippen LogP contribution in [0.25, 0.3) is 5.52 Å². The van der Waals surface area contributed by atoms with Gasteiger partial charge in [-0.05, 0) is 55.5 Å². The van der Waals surface area contributed by atoms with Crippen LogP contribution in [0, 0.1) is 0 Å². The van der Waals surface area contributed by atoms with E-state index in [1.807, 2.05) is 30.3 Å². The van der Waals surface area contributed by atoms with Gasteiger partial charge in [0, 0.05) is 12.2 Å². The van der Waals surface area contributed by atoms with E-state index < -0.39 is 24.1 Å². The van der Waals surface area contributed by atoms with E-state index in [9.17, 15) is 18.4 Å². The summed E-state index contributed by atoms with van der Waals surface area (Å²) in [4.78, 5) is 32.8. The van der Waals surface area contributed by atoms with E-state index in [0.29, 0.717) is 31.4 Å². The van der Waals surface area contributed by atoms with Gasteiger partial charge in [-0.1, -0.05) is 30.3 Å². The zero-order valence-corrected chi connectivity index (χ0v) is 20.9. The lowest BCUT2D eigenvalue weighted by atomic mass is 9.93. The van der Waals surface area contributed by atoms with Crippen molar-refractivity contribution in [2.75, 3.05) is 0 Å². The fourth-order valence-corrected chi connectivity index (χ4v) is 4.65. The minimum Gasteiger partial charge on any atom is -0.487 e. The second-order valence-electron chi connectivity index (χ2n) is 9.30. The zero-order chi connectivity index (χ0) is 27.4. The number of pyridine rings is 2. The minimum atomic E-state index is -2.88. The van der Waals surface area contributed by atoms with Gasteiger partial charge in [-0.2, -0.15) is 0 Å². The summed E-state index contributed by atoms with van der Waals surface area (Å²) >= 11 is 0. The van der Waals surface area contributed by atoms with Crippen molar-refractivity contribution in [3.8, 4) is 11.6 Å². The maximum Gasteiger partial charge on any atom is 0.295 e. The van der Waals surface area contributed by atoms with Gasteiger partial charge in [0.05, 0.1) is 11.7 Å². The third-order valence-electron chi connectivity index (χ3n) is 6.62. The largest absolute Gasteiger partial charge is 0.487 e. The number of imidazole rings is 1. The molecule has 4 aromatic rings. The zero-order valence-electron chi connectivity index (χ0n) is 20.9. The van der Waals surface area contributed by atoms with Gasteiger partial charge in [-0.3, -0.25) is 14.0 Å². The molecule has 0 aliphatic heterocycles. The van der Waals surface area contributed by atoms with E-state index in [2.05, 4.69) is 15.3 Å². The number of halogens is 2. The lowest BCUT2D eigenvalue weighted by molar-refractivity contribution is 0.0877. The fourth-order valence-electron chi connectivity index (χ4n) is 4.65. The number of hydrogen-bond acceptors (Lipinski definition) is 6. The van der Waals surface area contributed by atoms with Crippen LogP contribution in [0.2, 0.25) is 0 Å². The Balaban J connectivity index is 1.24. The highest BCUT2D eigenvalue weighted by Gasteiger charge is 2.28. The monoisotopic (exact) mass is 535 g/mol. The van der Waals surface area contributed by atoms with Crippen molar-refractivity contribution < 1.29 is 27.8 Å². The van der Waals surface area contributed by atoms with Gasteiger partial charge in [0.1, 0.15) is 24.0 Å². The van der Waals surface area contributed by atoms with Crippen LogP contribution in [0.4, 0.5) is 8.78 Å². The Morgan fingerprint density at radius 1 is 1.05 bits per heavy atom. The molecule has 3 aromatic heterocycles. The maximum atomic E-state index is 13.8. The molecule has 3 N–H and O–H groups in total. The number of nitrogens with one attached hydrogen (secondary N) is 1. The highest BCUT2D eigenvalue weighted by atomic mass is 19.3. The molecular formula is C28H27F2N5O4. The molecule has 11 heteroatoms. The van der Waals surface area contributed by atoms with Crippen LogP contribution in [-0.2, 0) is 6.61 Å². The summed E-state index contributed by atoms with van der Waals surface area (Å²) in [7, 11) is 0. The van der Waals surface area contributed by atoms with Crippen molar-refractivity contribution in [2.24, 2.45) is 5.73 Å². The Kier molecular flexibility index (Phi) is 7.67. The summed E-state index contributed by atoms with van der Waals surface area (Å²) < 4.78 is 40.5. The van der Waals surface area contributed by atoms with Crippen LogP contribution in [0.5, 0.6) is 11.6 Å². The average molecular weight is 536 g/mol. The number of hydrogen-bond donors (Lipinski definition) is 2. The van der Waals surface area contributed by atoms with Gasteiger partial charge < -0.3 is 20.5 Å². The van der Waals surface area contributed by atoms with Gasteiger partial charge in [0.2, 0.25) is 5.88 Å². The summed E-state index contributed by atoms with van der Waals surface area (Å²) in [5.74, 6) is -1.11. The molecule has 202 valence electrons. The van der Waals surface area contributed by atoms with E-state index >= 15 is 0 Å². The Hall–Kier alpha value is -4.54. The first-order valence-corrected chi connectivity index (χ1v) is 12.6. The number of benzene rings is 1. The Bertz CT molecular complexity index is 1470. The SMILES string of the molecule is NC(=O)c1cccnc1OC1CCC(NC(=O)c2nc(C(F)F)n3cc(OCc4ccccc4)ccc23)CC1. The third-order valence-corrected chi connectivity index (χ3v) is 6.62. The summed E-state index contributed by atoms with van der Waals surface area (Å²) in [5.41, 5.74) is 6.73. The predicted octanol–water partition coefficient (Wildman–Crippen LogP) is 4.46. The van der Waals surface area contributed by atoms with Crippen LogP contribution < -0.4 is 20.5 Å². The van der Waals surface area contributed by atoms with Gasteiger partial charge in [-0.25, -0.2) is 18.7 Å². The third kappa shape index (κ3) is 5.97. The molecule has 0 unspecified atom stereocenters. The number of carbonyl (C=O) groups excluding carboxylic acids is 2. The molecule has 1 fully saturated rings. The Morgan fingerprint density at radius 3 is 2.54 bits per heavy atom. The maximum absolute atomic E-state index is 13.8. The molecule has 0 atom stereocenters. The quantitative estimate of drug-likeness (QED) is 0.326. The number of carbonyl (C=O) groups is 2. The molecule has 0 radical (unpaired) electrons. The number of aromatic nitrogens is 3. The van der Waals surface area contributed by atoms with Crippen LogP contribution in [-0.4, -0.2) is 38.3 Å². The second kappa shape index (κ2) is 11.5. The first kappa shape index (κ1) is 26.1. The van der Waals surface area contributed by atoms with Gasteiger partial charge in [0.25, 0.3) is 18.2 Å². The van der Waals surface area contributed by atoms with E-state index in [-0.39, 0.29) is 41.4 Å². The Morgan fingerprint density at radius 2 is 1.82 bits per heavy atom. The number of fused-ring (bicyclic) bond motifs is 1. The fraction of sp³-hybridized carbons (Fsp3) is 0.286. The van der Waals surface area contributed by atoms with Crippen LogP contribution in [0.1, 0.15) is 64.3 Å². The molecule has 1 aliphatic rings. The number of ether oxygens (including phenoxy) is 2. The van der Waals surface area contributed by atoms with Crippen molar-refractivity contribution >= 4 is 17.3 Å². The normalized spacial score (nSPS) is 17.2. The van der Waals surface area contributed by atoms with Gasteiger partial charge in [0.15, 0.2) is 11.5 Å². The molecular weight excluding hydrogens is 508 g/mol. The molecule has 5 rings (SSSR count). The van der Waals surface area contributed by atoms with Crippen LogP contribution >= 0.6 is 0 Å². The number of nitrogens with zero attached hydrogens (tertiary/aromatic N) is 3. The molecule has 1 aliphatic carbocycles. The molecule has 1 aromatic carbocycles. The smallest absolute Gasteiger partial charge is 0.295 e. The first-order valence-electron chi connectivity index (χ1n) is 12.6. The second-order valence-corrected chi connectivity index (χ2v) is 9.30. The highest BCUT2D eigenvalue weighted by molar-refractivity contribution is 5.99. The molecule has 9 nitrogen and oxygen atoms in total. The van der Waals surface area contributed by atoms with E-state index in [1.165, 1.54) is 16.8 Å². The molecule has 3 heterocycles. The summed E-state index contributed by atoms with van der Waals surface area (Å²) in [6.07, 6.45) is 2.27. The molecule has 2 amide bonds. The van der Waals surface area contributed by atoms with Crippen molar-refractivity contribution in [2.45, 2.75) is 50.9 Å². The lowest BCUT2D eigenvalue weighted by Gasteiger charge is -2.29. The van der Waals surface area contributed by atoms with Crippen molar-refractivity contribution in [1.82, 2.24) is 19.7 Å². The van der Waals surface area contributed by atoms with Crippen LogP contribution in [0.15, 0.2) is 67.0 Å². The van der Waals surface area contributed by atoms with Crippen molar-refractivity contribution in [1.29, 1.82) is 0 Å². The van der Waals surface area contributed by atoms with E-state index in [1.54, 1.807) is 24.3 Å². The van der Waals surface area contributed by atoms with E-state index in [4.69, 9.17) is 15.2 Å². The predicted molar refractivity (Wildman–Crippen MR) is 138 cm³/mol. The summed E-state index contributed by atoms with van der Waals surface area (Å²) in [5, 5.41) is 2.92. The number of alkyl halides is 2. The standard InChI is InChI=1S/C28H27F2N5O4/c29-24(30)26-34-23(22-13-12-20(15-35(22)26)38-16-17-5-2-1-3-6-17)27(37)33-18-8-10-19(11-9-18)39-28-21(25(31)36)7-4-14-32-28/h1-7,12-15,18-19,24H,8-11,16H2,(H2,31,36)(H,33,37). The number of rotatable bonds is 9. The Labute approximate surface area is 223 Å². The average Bonchev–Trinajstić information content (AvgIpc) is 3.33. The highest BCUT2D eigenvalue weighted by Crippen LogP contribution is 2.27. The lowest BCUT2D eigenvalue weighted by Crippen LogP contribution is -2.40. The van der Waals surface area contributed by atoms with Crippen molar-refractivity contribution in [3.05, 3.63) is 89.6 Å². The number of amides is 2. The van der Waals surface area contributed by atoms with Gasteiger partial charge >= 0.3 is 0 Å². The number of nitrogens with two attached hydrogens (primary N) is 1. The molecule has 1 saturated carbocycles. The first-order chi connectivity index (χ1) is 18.9. The molecule has 0 saturated heterocycles. The summed E-state index contributed by atoms with van der Waals surface area (Å²) in [6.45, 7) is 0.273. The molecule has 39 heavy (non-hydrogen) atoms. The van der Waals surface area contributed by atoms with E-state index in [0.717, 1.165) is 5.56 Å².